The number of carbonyl (C=O) groups is 1. The van der Waals surface area contributed by atoms with Gasteiger partial charge in [-0.25, -0.2) is 0 Å². The number of hydrogen-bond donors (Lipinski definition) is 2. The van der Waals surface area contributed by atoms with Gasteiger partial charge in [0.25, 0.3) is 0 Å². The zero-order valence-electron chi connectivity index (χ0n) is 13.1. The molecule has 2 fully saturated rings. The molecule has 0 aromatic heterocycles. The van der Waals surface area contributed by atoms with Gasteiger partial charge in [0.1, 0.15) is 0 Å². The minimum Gasteiger partial charge on any atom is -0.381 e. The van der Waals surface area contributed by atoms with Crippen LogP contribution in [0, 0.1) is 5.92 Å². The van der Waals surface area contributed by atoms with E-state index in [2.05, 4.69) is 22.8 Å². The SMILES string of the molecule is O=C(NCCC1CCNC1)C1(c2ccccc2)CCOCC1. The maximum absolute atomic E-state index is 12.9. The van der Waals surface area contributed by atoms with E-state index < -0.39 is 5.41 Å². The average molecular weight is 302 g/mol. The summed E-state index contributed by atoms with van der Waals surface area (Å²) in [5, 5.41) is 6.57. The van der Waals surface area contributed by atoms with Crippen molar-refractivity contribution in [2.75, 3.05) is 32.8 Å². The fourth-order valence-corrected chi connectivity index (χ4v) is 3.64. The molecule has 4 heteroatoms. The molecule has 0 bridgehead atoms. The van der Waals surface area contributed by atoms with E-state index in [1.54, 1.807) is 0 Å². The van der Waals surface area contributed by atoms with Crippen LogP contribution in [0.15, 0.2) is 30.3 Å². The van der Waals surface area contributed by atoms with E-state index in [-0.39, 0.29) is 5.91 Å². The van der Waals surface area contributed by atoms with Gasteiger partial charge < -0.3 is 15.4 Å². The first-order valence-corrected chi connectivity index (χ1v) is 8.43. The number of benzene rings is 1. The maximum Gasteiger partial charge on any atom is 0.230 e. The summed E-state index contributed by atoms with van der Waals surface area (Å²) in [5.41, 5.74) is 0.714. The number of ether oxygens (including phenoxy) is 1. The molecule has 4 nitrogen and oxygen atoms in total. The lowest BCUT2D eigenvalue weighted by Crippen LogP contribution is -2.48. The molecule has 2 saturated heterocycles. The van der Waals surface area contributed by atoms with Crippen LogP contribution in [0.5, 0.6) is 0 Å². The van der Waals surface area contributed by atoms with Crippen molar-refractivity contribution in [1.29, 1.82) is 0 Å². The number of rotatable bonds is 5. The summed E-state index contributed by atoms with van der Waals surface area (Å²) in [6, 6.07) is 10.2. The second-order valence-corrected chi connectivity index (χ2v) is 6.46. The summed E-state index contributed by atoms with van der Waals surface area (Å²) in [5.74, 6) is 0.885. The summed E-state index contributed by atoms with van der Waals surface area (Å²) in [6.45, 7) is 4.31. The number of nitrogens with one attached hydrogen (secondary N) is 2. The molecule has 1 unspecified atom stereocenters. The van der Waals surface area contributed by atoms with Crippen molar-refractivity contribution in [1.82, 2.24) is 10.6 Å². The van der Waals surface area contributed by atoms with Gasteiger partial charge in [-0.1, -0.05) is 30.3 Å². The smallest absolute Gasteiger partial charge is 0.230 e. The normalized spacial score (nSPS) is 24.1. The molecular formula is C18H26N2O2. The van der Waals surface area contributed by atoms with Gasteiger partial charge in [-0.2, -0.15) is 0 Å². The van der Waals surface area contributed by atoms with Gasteiger partial charge in [0.05, 0.1) is 5.41 Å². The van der Waals surface area contributed by atoms with Crippen molar-refractivity contribution >= 4 is 5.91 Å². The Morgan fingerprint density at radius 2 is 2.05 bits per heavy atom. The Morgan fingerprint density at radius 3 is 2.73 bits per heavy atom. The van der Waals surface area contributed by atoms with E-state index in [0.29, 0.717) is 19.1 Å². The molecule has 1 amide bonds. The van der Waals surface area contributed by atoms with Gasteiger partial charge in [0, 0.05) is 19.8 Å². The second kappa shape index (κ2) is 7.25. The Hall–Kier alpha value is -1.39. The van der Waals surface area contributed by atoms with Crippen LogP contribution in [0.4, 0.5) is 0 Å². The second-order valence-electron chi connectivity index (χ2n) is 6.46. The van der Waals surface area contributed by atoms with E-state index in [1.165, 1.54) is 6.42 Å². The van der Waals surface area contributed by atoms with Gasteiger partial charge in [-0.3, -0.25) is 4.79 Å². The molecule has 1 aromatic rings. The number of carbonyl (C=O) groups excluding carboxylic acids is 1. The Bertz CT molecular complexity index is 477. The molecule has 0 saturated carbocycles. The van der Waals surface area contributed by atoms with Gasteiger partial charge in [0.15, 0.2) is 0 Å². The third kappa shape index (κ3) is 3.33. The standard InChI is InChI=1S/C18H26N2O2/c21-17(20-11-7-15-6-10-19-14-15)18(8-12-22-13-9-18)16-4-2-1-3-5-16/h1-5,15,19H,6-14H2,(H,20,21). The molecule has 2 heterocycles. The minimum absolute atomic E-state index is 0.174. The number of hydrogen-bond acceptors (Lipinski definition) is 3. The molecule has 120 valence electrons. The first-order chi connectivity index (χ1) is 10.8. The van der Waals surface area contributed by atoms with Gasteiger partial charge in [0.2, 0.25) is 5.91 Å². The lowest BCUT2D eigenvalue weighted by molar-refractivity contribution is -0.130. The van der Waals surface area contributed by atoms with Gasteiger partial charge >= 0.3 is 0 Å². The van der Waals surface area contributed by atoms with Crippen LogP contribution in [-0.2, 0) is 14.9 Å². The highest BCUT2D eigenvalue weighted by Gasteiger charge is 2.41. The molecule has 2 N–H and O–H groups in total. The molecule has 22 heavy (non-hydrogen) atoms. The van der Waals surface area contributed by atoms with Crippen molar-refractivity contribution in [2.24, 2.45) is 5.92 Å². The Kier molecular flexibility index (Phi) is 5.11. The van der Waals surface area contributed by atoms with Crippen molar-refractivity contribution in [3.8, 4) is 0 Å². The third-order valence-electron chi connectivity index (χ3n) is 5.11. The topological polar surface area (TPSA) is 50.4 Å². The molecule has 0 radical (unpaired) electrons. The number of amides is 1. The lowest BCUT2D eigenvalue weighted by Gasteiger charge is -2.36. The van der Waals surface area contributed by atoms with Crippen molar-refractivity contribution in [3.63, 3.8) is 0 Å². The van der Waals surface area contributed by atoms with Crippen LogP contribution in [0.3, 0.4) is 0 Å². The largest absolute Gasteiger partial charge is 0.381 e. The van der Waals surface area contributed by atoms with E-state index in [0.717, 1.165) is 44.5 Å². The van der Waals surface area contributed by atoms with E-state index in [9.17, 15) is 4.79 Å². The highest BCUT2D eigenvalue weighted by Crippen LogP contribution is 2.35. The first kappa shape index (κ1) is 15.5. The third-order valence-corrected chi connectivity index (χ3v) is 5.11. The van der Waals surface area contributed by atoms with Crippen LogP contribution in [0.25, 0.3) is 0 Å². The first-order valence-electron chi connectivity index (χ1n) is 8.43. The Balaban J connectivity index is 1.65. The highest BCUT2D eigenvalue weighted by molar-refractivity contribution is 5.88. The van der Waals surface area contributed by atoms with Crippen LogP contribution < -0.4 is 10.6 Å². The zero-order chi connectivity index (χ0) is 15.3. The molecule has 2 aliphatic heterocycles. The molecule has 2 aliphatic rings. The summed E-state index contributed by atoms with van der Waals surface area (Å²) < 4.78 is 5.49. The quantitative estimate of drug-likeness (QED) is 0.873. The van der Waals surface area contributed by atoms with Gasteiger partial charge in [-0.05, 0) is 50.3 Å². The van der Waals surface area contributed by atoms with Gasteiger partial charge in [-0.15, -0.1) is 0 Å². The fraction of sp³-hybridized carbons (Fsp3) is 0.611. The molecule has 1 aromatic carbocycles. The molecule has 0 aliphatic carbocycles. The van der Waals surface area contributed by atoms with Crippen molar-refractivity contribution in [3.05, 3.63) is 35.9 Å². The Labute approximate surface area is 132 Å². The minimum atomic E-state index is -0.409. The van der Waals surface area contributed by atoms with Crippen molar-refractivity contribution in [2.45, 2.75) is 31.1 Å². The van der Waals surface area contributed by atoms with Crippen LogP contribution >= 0.6 is 0 Å². The predicted octanol–water partition coefficient (Wildman–Crippen LogP) is 1.85. The Morgan fingerprint density at radius 1 is 1.27 bits per heavy atom. The van der Waals surface area contributed by atoms with Crippen LogP contribution in [-0.4, -0.2) is 38.8 Å². The molecule has 0 spiro atoms. The lowest BCUT2D eigenvalue weighted by atomic mass is 9.73. The molecule has 3 rings (SSSR count). The fourth-order valence-electron chi connectivity index (χ4n) is 3.64. The van der Waals surface area contributed by atoms with Crippen LogP contribution in [0.1, 0.15) is 31.2 Å². The van der Waals surface area contributed by atoms with E-state index in [4.69, 9.17) is 4.74 Å². The molecule has 1 atom stereocenters. The van der Waals surface area contributed by atoms with Crippen LogP contribution in [0.2, 0.25) is 0 Å². The summed E-state index contributed by atoms with van der Waals surface area (Å²) >= 11 is 0. The van der Waals surface area contributed by atoms with E-state index in [1.807, 2.05) is 18.2 Å². The van der Waals surface area contributed by atoms with E-state index >= 15 is 0 Å². The average Bonchev–Trinajstić information content (AvgIpc) is 3.09. The zero-order valence-corrected chi connectivity index (χ0v) is 13.1. The summed E-state index contributed by atoms with van der Waals surface area (Å²) in [6.07, 6.45) is 3.84. The molecular weight excluding hydrogens is 276 g/mol. The maximum atomic E-state index is 12.9. The monoisotopic (exact) mass is 302 g/mol. The predicted molar refractivity (Wildman–Crippen MR) is 86.8 cm³/mol. The highest BCUT2D eigenvalue weighted by atomic mass is 16.5. The van der Waals surface area contributed by atoms with Crippen molar-refractivity contribution < 1.29 is 9.53 Å². The summed E-state index contributed by atoms with van der Waals surface area (Å²) in [4.78, 5) is 12.9. The summed E-state index contributed by atoms with van der Waals surface area (Å²) in [7, 11) is 0.